The van der Waals surface area contributed by atoms with E-state index in [0.29, 0.717) is 5.39 Å². The van der Waals surface area contributed by atoms with E-state index in [2.05, 4.69) is 4.72 Å². The van der Waals surface area contributed by atoms with Crippen LogP contribution in [0, 0.1) is 0 Å². The summed E-state index contributed by atoms with van der Waals surface area (Å²) in [7, 11) is -3.59. The smallest absolute Gasteiger partial charge is 0.241 e. The van der Waals surface area contributed by atoms with E-state index >= 15 is 0 Å². The monoisotopic (exact) mass is 265 g/mol. The highest BCUT2D eigenvalue weighted by atomic mass is 32.2. The minimum Gasteiger partial charge on any atom is -0.392 e. The number of sulfonamides is 1. The van der Waals surface area contributed by atoms with E-state index in [9.17, 15) is 8.42 Å². The summed E-state index contributed by atoms with van der Waals surface area (Å²) in [5.41, 5.74) is 0. The number of hydrogen-bond acceptors (Lipinski definition) is 3. The third-order valence-corrected chi connectivity index (χ3v) is 4.09. The minimum absolute atomic E-state index is 0.00551. The summed E-state index contributed by atoms with van der Waals surface area (Å²) in [6, 6.07) is 12.4. The van der Waals surface area contributed by atoms with Crippen molar-refractivity contribution >= 4 is 20.8 Å². The van der Waals surface area contributed by atoms with Gasteiger partial charge in [0.25, 0.3) is 0 Å². The van der Waals surface area contributed by atoms with Crippen molar-refractivity contribution in [1.29, 1.82) is 0 Å². The molecule has 0 amide bonds. The highest BCUT2D eigenvalue weighted by Crippen LogP contribution is 2.22. The maximum atomic E-state index is 12.1. The standard InChI is InChI=1S/C13H15NO3S/c1-10(15)9-14-18(16,17)13-8-4-6-11-5-2-3-7-12(11)13/h2-8,10,14-15H,9H2,1H3/t10-/m0/s1. The molecule has 2 rings (SSSR count). The zero-order chi connectivity index (χ0) is 13.2. The molecule has 4 nitrogen and oxygen atoms in total. The van der Waals surface area contributed by atoms with Crippen LogP contribution in [0.4, 0.5) is 0 Å². The summed E-state index contributed by atoms with van der Waals surface area (Å²) >= 11 is 0. The molecule has 0 bridgehead atoms. The molecule has 0 fully saturated rings. The molecule has 0 unspecified atom stereocenters. The molecular formula is C13H15NO3S. The highest BCUT2D eigenvalue weighted by molar-refractivity contribution is 7.89. The average Bonchev–Trinajstić information content (AvgIpc) is 2.36. The molecule has 96 valence electrons. The summed E-state index contributed by atoms with van der Waals surface area (Å²) in [4.78, 5) is 0.237. The zero-order valence-corrected chi connectivity index (χ0v) is 10.8. The second-order valence-electron chi connectivity index (χ2n) is 4.18. The molecule has 2 aromatic rings. The number of rotatable bonds is 4. The van der Waals surface area contributed by atoms with Crippen LogP contribution in [0.25, 0.3) is 10.8 Å². The van der Waals surface area contributed by atoms with Gasteiger partial charge in [-0.3, -0.25) is 0 Å². The molecule has 1 atom stereocenters. The Balaban J connectivity index is 2.47. The predicted octanol–water partition coefficient (Wildman–Crippen LogP) is 1.50. The van der Waals surface area contributed by atoms with Crippen LogP contribution in [0.5, 0.6) is 0 Å². The molecule has 0 spiro atoms. The van der Waals surface area contributed by atoms with Crippen molar-refractivity contribution in [3.63, 3.8) is 0 Å². The summed E-state index contributed by atoms with van der Waals surface area (Å²) in [6.45, 7) is 1.54. The van der Waals surface area contributed by atoms with Gasteiger partial charge in [0.2, 0.25) is 10.0 Å². The zero-order valence-electron chi connectivity index (χ0n) is 10.00. The third kappa shape index (κ3) is 2.69. The molecule has 18 heavy (non-hydrogen) atoms. The predicted molar refractivity (Wildman–Crippen MR) is 70.8 cm³/mol. The van der Waals surface area contributed by atoms with Crippen LogP contribution in [0.15, 0.2) is 47.4 Å². The first-order valence-electron chi connectivity index (χ1n) is 5.66. The molecule has 0 saturated carbocycles. The highest BCUT2D eigenvalue weighted by Gasteiger charge is 2.17. The number of benzene rings is 2. The van der Waals surface area contributed by atoms with Gasteiger partial charge in [0.05, 0.1) is 11.0 Å². The Bertz CT molecular complexity index is 645. The largest absolute Gasteiger partial charge is 0.392 e. The van der Waals surface area contributed by atoms with Crippen molar-refractivity contribution in [3.05, 3.63) is 42.5 Å². The van der Waals surface area contributed by atoms with E-state index in [0.717, 1.165) is 5.39 Å². The fourth-order valence-corrected chi connectivity index (χ4v) is 3.09. The van der Waals surface area contributed by atoms with E-state index in [4.69, 9.17) is 5.11 Å². The maximum absolute atomic E-state index is 12.1. The molecule has 0 heterocycles. The lowest BCUT2D eigenvalue weighted by atomic mass is 10.1. The molecule has 0 aliphatic rings. The van der Waals surface area contributed by atoms with Gasteiger partial charge in [0, 0.05) is 11.9 Å². The van der Waals surface area contributed by atoms with E-state index in [1.54, 1.807) is 24.3 Å². The van der Waals surface area contributed by atoms with Gasteiger partial charge in [0.1, 0.15) is 0 Å². The van der Waals surface area contributed by atoms with Gasteiger partial charge in [-0.25, -0.2) is 13.1 Å². The lowest BCUT2D eigenvalue weighted by Gasteiger charge is -2.10. The van der Waals surface area contributed by atoms with Crippen LogP contribution < -0.4 is 4.72 Å². The first-order valence-corrected chi connectivity index (χ1v) is 7.14. The number of aliphatic hydroxyl groups excluding tert-OH is 1. The van der Waals surface area contributed by atoms with Crippen LogP contribution in [-0.4, -0.2) is 26.2 Å². The van der Waals surface area contributed by atoms with Gasteiger partial charge in [-0.15, -0.1) is 0 Å². The molecule has 5 heteroatoms. The quantitative estimate of drug-likeness (QED) is 0.880. The fraction of sp³-hybridized carbons (Fsp3) is 0.231. The van der Waals surface area contributed by atoms with E-state index in [-0.39, 0.29) is 11.4 Å². The SMILES string of the molecule is C[C@H](O)CNS(=O)(=O)c1cccc2ccccc12. The van der Waals surface area contributed by atoms with Crippen LogP contribution in [-0.2, 0) is 10.0 Å². The average molecular weight is 265 g/mol. The van der Waals surface area contributed by atoms with Crippen LogP contribution in [0.3, 0.4) is 0 Å². The topological polar surface area (TPSA) is 66.4 Å². The number of fused-ring (bicyclic) bond motifs is 1. The third-order valence-electron chi connectivity index (χ3n) is 2.61. The second kappa shape index (κ2) is 5.06. The van der Waals surface area contributed by atoms with Gasteiger partial charge in [-0.05, 0) is 18.4 Å². The molecule has 0 saturated heterocycles. The molecule has 0 radical (unpaired) electrons. The Labute approximate surface area is 106 Å². The van der Waals surface area contributed by atoms with Crippen molar-refractivity contribution in [1.82, 2.24) is 4.72 Å². The van der Waals surface area contributed by atoms with Crippen molar-refractivity contribution in [2.24, 2.45) is 0 Å². The summed E-state index contributed by atoms with van der Waals surface area (Å²) in [6.07, 6.45) is -0.713. The number of nitrogens with one attached hydrogen (secondary N) is 1. The maximum Gasteiger partial charge on any atom is 0.241 e. The Hall–Kier alpha value is -1.43. The summed E-state index contributed by atoms with van der Waals surface area (Å²) in [5.74, 6) is 0. The number of aliphatic hydroxyl groups is 1. The molecule has 2 N–H and O–H groups in total. The lowest BCUT2D eigenvalue weighted by Crippen LogP contribution is -2.30. The van der Waals surface area contributed by atoms with E-state index < -0.39 is 16.1 Å². The number of hydrogen-bond donors (Lipinski definition) is 2. The molecule has 2 aromatic carbocycles. The molecule has 0 aromatic heterocycles. The normalized spacial score (nSPS) is 13.7. The summed E-state index contributed by atoms with van der Waals surface area (Å²) < 4.78 is 26.6. The summed E-state index contributed by atoms with van der Waals surface area (Å²) in [5, 5.41) is 10.7. The van der Waals surface area contributed by atoms with Crippen LogP contribution in [0.1, 0.15) is 6.92 Å². The minimum atomic E-state index is -3.59. The van der Waals surface area contributed by atoms with Gasteiger partial charge < -0.3 is 5.11 Å². The van der Waals surface area contributed by atoms with Gasteiger partial charge >= 0.3 is 0 Å². The van der Waals surface area contributed by atoms with Crippen molar-refractivity contribution < 1.29 is 13.5 Å². The Morgan fingerprint density at radius 1 is 1.17 bits per heavy atom. The Morgan fingerprint density at radius 2 is 1.83 bits per heavy atom. The molecule has 0 aliphatic heterocycles. The van der Waals surface area contributed by atoms with Gasteiger partial charge in [-0.1, -0.05) is 36.4 Å². The van der Waals surface area contributed by atoms with E-state index in [1.165, 1.54) is 6.92 Å². The first kappa shape index (κ1) is 13.0. The van der Waals surface area contributed by atoms with Crippen molar-refractivity contribution in [3.8, 4) is 0 Å². The lowest BCUT2D eigenvalue weighted by molar-refractivity contribution is 0.198. The first-order chi connectivity index (χ1) is 8.50. The van der Waals surface area contributed by atoms with Gasteiger partial charge in [-0.2, -0.15) is 0 Å². The van der Waals surface area contributed by atoms with Crippen LogP contribution >= 0.6 is 0 Å². The Morgan fingerprint density at radius 3 is 2.56 bits per heavy atom. The van der Waals surface area contributed by atoms with Crippen molar-refractivity contribution in [2.75, 3.05) is 6.54 Å². The van der Waals surface area contributed by atoms with Gasteiger partial charge in [0.15, 0.2) is 0 Å². The van der Waals surface area contributed by atoms with Crippen molar-refractivity contribution in [2.45, 2.75) is 17.9 Å². The van der Waals surface area contributed by atoms with Crippen LogP contribution in [0.2, 0.25) is 0 Å². The Kier molecular flexibility index (Phi) is 3.65. The van der Waals surface area contributed by atoms with E-state index in [1.807, 2.05) is 18.2 Å². The fourth-order valence-electron chi connectivity index (χ4n) is 1.74. The molecular weight excluding hydrogens is 250 g/mol. The molecule has 0 aliphatic carbocycles. The second-order valence-corrected chi connectivity index (χ2v) is 5.91.